The predicted molar refractivity (Wildman–Crippen MR) is 98.3 cm³/mol. The van der Waals surface area contributed by atoms with E-state index in [1.54, 1.807) is 6.21 Å². The number of carbonyl (C=O) groups is 1. The predicted octanol–water partition coefficient (Wildman–Crippen LogP) is 4.54. The smallest absolute Gasteiger partial charge is 0.433 e. The number of rotatable bonds is 4. The number of hydrogen-bond acceptors (Lipinski definition) is 3. The highest BCUT2D eigenvalue weighted by molar-refractivity contribution is 5.79. The minimum Gasteiger partial charge on any atom is -0.442 e. The lowest BCUT2D eigenvalue weighted by molar-refractivity contribution is 0.0604. The van der Waals surface area contributed by atoms with Gasteiger partial charge in [-0.1, -0.05) is 37.3 Å². The van der Waals surface area contributed by atoms with Crippen LogP contribution >= 0.6 is 0 Å². The van der Waals surface area contributed by atoms with Gasteiger partial charge in [-0.2, -0.15) is 4.99 Å². The van der Waals surface area contributed by atoms with Crippen molar-refractivity contribution in [2.24, 2.45) is 16.8 Å². The molecule has 4 nitrogen and oxygen atoms in total. The molecule has 0 saturated carbocycles. The summed E-state index contributed by atoms with van der Waals surface area (Å²) in [5.41, 5.74) is 0.869. The molecule has 24 heavy (non-hydrogen) atoms. The van der Waals surface area contributed by atoms with E-state index in [0.29, 0.717) is 11.8 Å². The van der Waals surface area contributed by atoms with E-state index in [0.717, 1.165) is 26.1 Å². The molecule has 2 atom stereocenters. The normalized spacial score (nSPS) is 22.7. The Balaban J connectivity index is 1.83. The second-order valence-electron chi connectivity index (χ2n) is 7.91. The number of likely N-dealkylation sites (tertiary alicyclic amines) is 1. The number of benzene rings is 1. The van der Waals surface area contributed by atoms with E-state index < -0.39 is 11.7 Å². The lowest BCUT2D eigenvalue weighted by Gasteiger charge is -2.36. The Morgan fingerprint density at radius 3 is 2.67 bits per heavy atom. The highest BCUT2D eigenvalue weighted by Gasteiger charge is 2.24. The summed E-state index contributed by atoms with van der Waals surface area (Å²) in [6.45, 7) is 11.0. The maximum absolute atomic E-state index is 11.6. The number of aliphatic imine (C=N–C) groups is 1. The molecule has 1 fully saturated rings. The van der Waals surface area contributed by atoms with Crippen LogP contribution in [0.25, 0.3) is 0 Å². The van der Waals surface area contributed by atoms with Crippen molar-refractivity contribution in [2.45, 2.75) is 52.7 Å². The van der Waals surface area contributed by atoms with E-state index in [-0.39, 0.29) is 0 Å². The molecular weight excluding hydrogens is 300 g/mol. The molecule has 1 aliphatic heterocycles. The van der Waals surface area contributed by atoms with E-state index in [1.165, 1.54) is 12.0 Å². The highest BCUT2D eigenvalue weighted by Crippen LogP contribution is 2.24. The van der Waals surface area contributed by atoms with Gasteiger partial charge in [-0.3, -0.25) is 4.90 Å². The van der Waals surface area contributed by atoms with Crippen LogP contribution in [-0.4, -0.2) is 35.9 Å². The van der Waals surface area contributed by atoms with Crippen molar-refractivity contribution >= 4 is 12.3 Å². The van der Waals surface area contributed by atoms with Gasteiger partial charge in [0.15, 0.2) is 0 Å². The molecule has 2 rings (SSSR count). The van der Waals surface area contributed by atoms with Crippen LogP contribution in [0, 0.1) is 11.8 Å². The number of carbonyl (C=O) groups excluding carboxylic acids is 1. The molecule has 0 radical (unpaired) electrons. The zero-order valence-corrected chi connectivity index (χ0v) is 15.4. The van der Waals surface area contributed by atoms with Crippen LogP contribution in [0.5, 0.6) is 0 Å². The van der Waals surface area contributed by atoms with Crippen LogP contribution in [0.3, 0.4) is 0 Å². The number of hydrogen-bond donors (Lipinski definition) is 0. The molecule has 4 heteroatoms. The molecular formula is C20H30N2O2. The van der Waals surface area contributed by atoms with Crippen LogP contribution in [-0.2, 0) is 11.3 Å². The zero-order chi connectivity index (χ0) is 17.6. The molecule has 0 spiro atoms. The maximum atomic E-state index is 11.6. The third kappa shape index (κ3) is 6.83. The fraction of sp³-hybridized carbons (Fsp3) is 0.600. The quantitative estimate of drug-likeness (QED) is 0.761. The van der Waals surface area contributed by atoms with Crippen molar-refractivity contribution in [3.63, 3.8) is 0 Å². The standard InChI is InChI=1S/C20H30N2O2/c1-16-12-18(10-11-21-19(23)24-20(2,3)4)15-22(13-16)14-17-8-6-5-7-9-17/h5-9,11,16,18H,10,12-15H2,1-4H3. The molecule has 1 saturated heterocycles. The summed E-state index contributed by atoms with van der Waals surface area (Å²) in [5, 5.41) is 0. The van der Waals surface area contributed by atoms with Crippen molar-refractivity contribution in [1.29, 1.82) is 0 Å². The summed E-state index contributed by atoms with van der Waals surface area (Å²) >= 11 is 0. The van der Waals surface area contributed by atoms with E-state index in [9.17, 15) is 4.79 Å². The Hall–Kier alpha value is -1.68. The molecule has 1 amide bonds. The lowest BCUT2D eigenvalue weighted by atomic mass is 9.88. The van der Waals surface area contributed by atoms with Gasteiger partial charge in [-0.05, 0) is 51.0 Å². The molecule has 1 aromatic rings. The van der Waals surface area contributed by atoms with E-state index in [1.807, 2.05) is 20.8 Å². The van der Waals surface area contributed by atoms with Crippen LogP contribution in [0.2, 0.25) is 0 Å². The molecule has 132 valence electrons. The molecule has 1 heterocycles. The molecule has 0 bridgehead atoms. The zero-order valence-electron chi connectivity index (χ0n) is 15.4. The van der Waals surface area contributed by atoms with E-state index in [2.05, 4.69) is 47.1 Å². The summed E-state index contributed by atoms with van der Waals surface area (Å²) in [4.78, 5) is 18.1. The summed E-state index contributed by atoms with van der Waals surface area (Å²) in [6, 6.07) is 10.6. The molecule has 1 aliphatic rings. The van der Waals surface area contributed by atoms with Gasteiger partial charge >= 0.3 is 6.09 Å². The summed E-state index contributed by atoms with van der Waals surface area (Å²) in [5.74, 6) is 1.21. The van der Waals surface area contributed by atoms with Gasteiger partial charge in [0.25, 0.3) is 0 Å². The first-order chi connectivity index (χ1) is 11.3. The third-order valence-electron chi connectivity index (χ3n) is 4.10. The van der Waals surface area contributed by atoms with Crippen molar-refractivity contribution in [3.05, 3.63) is 35.9 Å². The fourth-order valence-corrected chi connectivity index (χ4v) is 3.30. The largest absolute Gasteiger partial charge is 0.442 e. The van der Waals surface area contributed by atoms with Gasteiger partial charge < -0.3 is 4.74 Å². The SMILES string of the molecule is CC1CC(CC=NC(=O)OC(C)(C)C)CN(Cc2ccccc2)C1. The average Bonchev–Trinajstić information content (AvgIpc) is 2.45. The monoisotopic (exact) mass is 330 g/mol. The second-order valence-corrected chi connectivity index (χ2v) is 7.91. The molecule has 0 aromatic heterocycles. The summed E-state index contributed by atoms with van der Waals surface area (Å²) in [7, 11) is 0. The van der Waals surface area contributed by atoms with Gasteiger partial charge in [0.05, 0.1) is 0 Å². The topological polar surface area (TPSA) is 41.9 Å². The lowest BCUT2D eigenvalue weighted by Crippen LogP contribution is -2.39. The van der Waals surface area contributed by atoms with Gasteiger partial charge in [0.1, 0.15) is 5.60 Å². The summed E-state index contributed by atoms with van der Waals surface area (Å²) in [6.07, 6.45) is 3.25. The number of nitrogens with zero attached hydrogens (tertiary/aromatic N) is 2. The van der Waals surface area contributed by atoms with Gasteiger partial charge in [0.2, 0.25) is 0 Å². The van der Waals surface area contributed by atoms with Crippen molar-refractivity contribution in [3.8, 4) is 0 Å². The van der Waals surface area contributed by atoms with Crippen LogP contribution in [0.1, 0.15) is 46.1 Å². The minimum atomic E-state index is -0.493. The maximum Gasteiger partial charge on any atom is 0.433 e. The molecule has 1 aromatic carbocycles. The van der Waals surface area contributed by atoms with Gasteiger partial charge in [-0.15, -0.1) is 0 Å². The van der Waals surface area contributed by atoms with Gasteiger partial charge in [0, 0.05) is 25.8 Å². The van der Waals surface area contributed by atoms with Crippen LogP contribution in [0.15, 0.2) is 35.3 Å². The number of piperidine rings is 1. The Morgan fingerprint density at radius 1 is 1.29 bits per heavy atom. The van der Waals surface area contributed by atoms with E-state index >= 15 is 0 Å². The van der Waals surface area contributed by atoms with Crippen LogP contribution < -0.4 is 0 Å². The Morgan fingerprint density at radius 2 is 2.00 bits per heavy atom. The van der Waals surface area contributed by atoms with E-state index in [4.69, 9.17) is 4.74 Å². The van der Waals surface area contributed by atoms with Crippen molar-refractivity contribution in [1.82, 2.24) is 4.90 Å². The van der Waals surface area contributed by atoms with Gasteiger partial charge in [-0.25, -0.2) is 4.79 Å². The third-order valence-corrected chi connectivity index (χ3v) is 4.10. The minimum absolute atomic E-state index is 0.486. The Kier molecular flexibility index (Phi) is 6.55. The summed E-state index contributed by atoms with van der Waals surface area (Å²) < 4.78 is 5.20. The molecule has 0 N–H and O–H groups in total. The number of ether oxygens (including phenoxy) is 1. The first-order valence-corrected chi connectivity index (χ1v) is 8.83. The highest BCUT2D eigenvalue weighted by atomic mass is 16.6. The first kappa shape index (κ1) is 18.7. The first-order valence-electron chi connectivity index (χ1n) is 8.83. The second kappa shape index (κ2) is 8.43. The van der Waals surface area contributed by atoms with Crippen LogP contribution in [0.4, 0.5) is 4.79 Å². The fourth-order valence-electron chi connectivity index (χ4n) is 3.30. The molecule has 2 unspecified atom stereocenters. The average molecular weight is 330 g/mol. The van der Waals surface area contributed by atoms with Crippen molar-refractivity contribution < 1.29 is 9.53 Å². The number of amides is 1. The Bertz CT molecular complexity index is 549. The Labute approximate surface area is 145 Å². The van der Waals surface area contributed by atoms with Crippen molar-refractivity contribution in [2.75, 3.05) is 13.1 Å². The molecule has 0 aliphatic carbocycles.